The quantitative estimate of drug-likeness (QED) is 0.389. The van der Waals surface area contributed by atoms with E-state index in [1.165, 1.54) is 7.11 Å². The fourth-order valence-corrected chi connectivity index (χ4v) is 4.41. The first-order valence-electron chi connectivity index (χ1n) is 13.2. The summed E-state index contributed by atoms with van der Waals surface area (Å²) in [6, 6.07) is -0.408. The van der Waals surface area contributed by atoms with E-state index in [0.717, 1.165) is 32.1 Å². The van der Waals surface area contributed by atoms with Crippen LogP contribution in [0.1, 0.15) is 100 Å². The van der Waals surface area contributed by atoms with Crippen molar-refractivity contribution >= 4 is 24.1 Å². The number of carbonyl (C=O) groups excluding carboxylic acids is 3. The Bertz CT molecular complexity index is 797. The van der Waals surface area contributed by atoms with Crippen molar-refractivity contribution in [3.05, 3.63) is 0 Å². The van der Waals surface area contributed by atoms with Crippen LogP contribution in [-0.4, -0.2) is 82.5 Å². The third-order valence-electron chi connectivity index (χ3n) is 6.40. The van der Waals surface area contributed by atoms with Gasteiger partial charge in [0.05, 0.1) is 25.0 Å². The zero-order valence-electron chi connectivity index (χ0n) is 24.2. The monoisotopic (exact) mass is 528 g/mol. The van der Waals surface area contributed by atoms with E-state index in [9.17, 15) is 24.3 Å². The van der Waals surface area contributed by atoms with Gasteiger partial charge in [-0.2, -0.15) is 0 Å². The highest BCUT2D eigenvalue weighted by Gasteiger charge is 2.44. The number of amides is 2. The second-order valence-corrected chi connectivity index (χ2v) is 12.3. The van der Waals surface area contributed by atoms with Crippen molar-refractivity contribution in [1.82, 2.24) is 9.80 Å². The van der Waals surface area contributed by atoms with Gasteiger partial charge in [-0.25, -0.2) is 9.59 Å². The van der Waals surface area contributed by atoms with Crippen molar-refractivity contribution in [3.63, 3.8) is 0 Å². The highest BCUT2D eigenvalue weighted by atomic mass is 16.6. The van der Waals surface area contributed by atoms with Crippen LogP contribution in [0.3, 0.4) is 0 Å². The summed E-state index contributed by atoms with van der Waals surface area (Å²) in [6.07, 6.45) is 4.86. The van der Waals surface area contributed by atoms with Crippen molar-refractivity contribution in [2.45, 2.75) is 124 Å². The molecule has 0 aromatic carbocycles. The molecule has 2 atom stereocenters. The number of ether oxygens (including phenoxy) is 3. The minimum Gasteiger partial charge on any atom is -0.481 e. The largest absolute Gasteiger partial charge is 0.481 e. The molecule has 0 spiro atoms. The smallest absolute Gasteiger partial charge is 0.410 e. The lowest BCUT2D eigenvalue weighted by molar-refractivity contribution is -0.151. The molecule has 0 radical (unpaired) electrons. The Kier molecular flexibility index (Phi) is 11.7. The number of esters is 1. The van der Waals surface area contributed by atoms with Crippen LogP contribution < -0.4 is 0 Å². The SMILES string of the molecule is CC(C)(C)OC(=O)N1CCCC[C@@H]1C(C)(C)C(=O)O.COC(=O)C[C@H]1CCCCN1C(=O)OC(C)(C)C. The lowest BCUT2D eigenvalue weighted by atomic mass is 9.79. The molecule has 2 saturated heterocycles. The molecule has 0 bridgehead atoms. The van der Waals surface area contributed by atoms with Gasteiger partial charge in [-0.15, -0.1) is 0 Å². The van der Waals surface area contributed by atoms with Gasteiger partial charge in [0.1, 0.15) is 11.2 Å². The summed E-state index contributed by atoms with van der Waals surface area (Å²) in [6.45, 7) is 15.5. The van der Waals surface area contributed by atoms with Crippen LogP contribution in [0.5, 0.6) is 0 Å². The Morgan fingerprint density at radius 1 is 0.757 bits per heavy atom. The maximum Gasteiger partial charge on any atom is 0.410 e. The minimum absolute atomic E-state index is 0.0963. The average Bonchev–Trinajstić information content (AvgIpc) is 2.77. The van der Waals surface area contributed by atoms with Gasteiger partial charge < -0.3 is 29.1 Å². The van der Waals surface area contributed by atoms with E-state index in [1.54, 1.807) is 23.6 Å². The maximum absolute atomic E-state index is 12.2. The van der Waals surface area contributed by atoms with Crippen LogP contribution in [0.4, 0.5) is 9.59 Å². The van der Waals surface area contributed by atoms with Crippen LogP contribution in [0.25, 0.3) is 0 Å². The molecular formula is C27H48N2O8. The van der Waals surface area contributed by atoms with Gasteiger partial charge in [0.15, 0.2) is 0 Å². The summed E-state index contributed by atoms with van der Waals surface area (Å²) in [5, 5.41) is 9.35. The molecule has 0 aliphatic carbocycles. The molecule has 0 aromatic rings. The molecule has 0 unspecified atom stereocenters. The predicted molar refractivity (Wildman–Crippen MR) is 139 cm³/mol. The number of hydrogen-bond donors (Lipinski definition) is 1. The van der Waals surface area contributed by atoms with E-state index in [4.69, 9.17) is 9.47 Å². The van der Waals surface area contributed by atoms with Crippen molar-refractivity contribution in [2.24, 2.45) is 5.41 Å². The van der Waals surface area contributed by atoms with Crippen LogP contribution in [0, 0.1) is 5.41 Å². The second kappa shape index (κ2) is 13.3. The summed E-state index contributed by atoms with van der Waals surface area (Å²) >= 11 is 0. The molecule has 10 heteroatoms. The number of nitrogens with zero attached hydrogens (tertiary/aromatic N) is 2. The molecule has 2 aliphatic rings. The fourth-order valence-electron chi connectivity index (χ4n) is 4.41. The Balaban J connectivity index is 0.000000371. The lowest BCUT2D eigenvalue weighted by Crippen LogP contribution is -2.54. The summed E-state index contributed by atoms with van der Waals surface area (Å²) in [5.41, 5.74) is -2.03. The number of methoxy groups -OCH3 is 1. The van der Waals surface area contributed by atoms with Gasteiger partial charge in [0.2, 0.25) is 0 Å². The van der Waals surface area contributed by atoms with E-state index in [-0.39, 0.29) is 30.6 Å². The zero-order chi connectivity index (χ0) is 28.6. The number of piperidine rings is 2. The number of carbonyl (C=O) groups is 4. The maximum atomic E-state index is 12.2. The van der Waals surface area contributed by atoms with Crippen molar-refractivity contribution in [1.29, 1.82) is 0 Å². The predicted octanol–water partition coefficient (Wildman–Crippen LogP) is 5.23. The first-order chi connectivity index (χ1) is 16.9. The second-order valence-electron chi connectivity index (χ2n) is 12.3. The molecule has 37 heavy (non-hydrogen) atoms. The standard InChI is InChI=1S/C14H25NO4.C13H23NO4/c1-13(2,3)19-12(18)15-9-7-6-8-10(15)14(4,5)11(16)17;1-13(2,3)18-12(16)14-8-6-5-7-10(14)9-11(15)17-4/h10H,6-9H2,1-5H3,(H,16,17);10H,5-9H2,1-4H3/t2*10-/m11/s1. The highest BCUT2D eigenvalue weighted by Crippen LogP contribution is 2.33. The molecule has 2 heterocycles. The molecule has 10 nitrogen and oxygen atoms in total. The topological polar surface area (TPSA) is 123 Å². The molecule has 2 rings (SSSR count). The molecule has 214 valence electrons. The van der Waals surface area contributed by atoms with Gasteiger partial charge in [0.25, 0.3) is 0 Å². The lowest BCUT2D eigenvalue weighted by Gasteiger charge is -2.42. The van der Waals surface area contributed by atoms with Gasteiger partial charge in [0, 0.05) is 19.1 Å². The van der Waals surface area contributed by atoms with Crippen LogP contribution in [0.2, 0.25) is 0 Å². The third-order valence-corrected chi connectivity index (χ3v) is 6.40. The summed E-state index contributed by atoms with van der Waals surface area (Å²) in [4.78, 5) is 50.2. The molecule has 0 saturated carbocycles. The van der Waals surface area contributed by atoms with E-state index in [2.05, 4.69) is 4.74 Å². The number of likely N-dealkylation sites (tertiary alicyclic amines) is 2. The van der Waals surface area contributed by atoms with Crippen molar-refractivity contribution < 1.29 is 38.5 Å². The molecule has 0 aromatic heterocycles. The van der Waals surface area contributed by atoms with E-state index in [1.807, 2.05) is 41.5 Å². The number of carboxylic acids is 1. The van der Waals surface area contributed by atoms with Crippen molar-refractivity contribution in [3.8, 4) is 0 Å². The molecule has 2 fully saturated rings. The summed E-state index contributed by atoms with van der Waals surface area (Å²) < 4.78 is 15.4. The number of aliphatic carboxylic acids is 1. The summed E-state index contributed by atoms with van der Waals surface area (Å²) in [5.74, 6) is -1.16. The minimum atomic E-state index is -0.961. The highest BCUT2D eigenvalue weighted by molar-refractivity contribution is 5.77. The third kappa shape index (κ3) is 10.8. The Labute approximate surface area is 222 Å². The van der Waals surface area contributed by atoms with Crippen LogP contribution in [0.15, 0.2) is 0 Å². The summed E-state index contributed by atoms with van der Waals surface area (Å²) in [7, 11) is 1.36. The van der Waals surface area contributed by atoms with E-state index in [0.29, 0.717) is 19.5 Å². The van der Waals surface area contributed by atoms with Crippen LogP contribution >= 0.6 is 0 Å². The molecule has 2 aliphatic heterocycles. The van der Waals surface area contributed by atoms with Crippen LogP contribution in [-0.2, 0) is 23.8 Å². The number of carboxylic acid groups (broad SMARTS) is 1. The first-order valence-corrected chi connectivity index (χ1v) is 13.2. The molecule has 1 N–H and O–H groups in total. The van der Waals surface area contributed by atoms with E-state index >= 15 is 0 Å². The fraction of sp³-hybridized carbons (Fsp3) is 0.852. The van der Waals surface area contributed by atoms with Gasteiger partial charge in [-0.1, -0.05) is 0 Å². The normalized spacial score (nSPS) is 20.8. The zero-order valence-corrected chi connectivity index (χ0v) is 24.2. The Morgan fingerprint density at radius 3 is 1.68 bits per heavy atom. The molecular weight excluding hydrogens is 480 g/mol. The molecule has 2 amide bonds. The van der Waals surface area contributed by atoms with Crippen molar-refractivity contribution in [2.75, 3.05) is 20.2 Å². The van der Waals surface area contributed by atoms with Gasteiger partial charge in [-0.3, -0.25) is 9.59 Å². The Morgan fingerprint density at radius 2 is 1.22 bits per heavy atom. The van der Waals surface area contributed by atoms with Gasteiger partial charge >= 0.3 is 24.1 Å². The Hall–Kier alpha value is -2.52. The average molecular weight is 529 g/mol. The van der Waals surface area contributed by atoms with E-state index < -0.39 is 28.7 Å². The first kappa shape index (κ1) is 32.5. The van der Waals surface area contributed by atoms with Gasteiger partial charge in [-0.05, 0) is 93.9 Å². The number of hydrogen-bond acceptors (Lipinski definition) is 7. The number of rotatable bonds is 4.